The maximum Gasteiger partial charge on any atom is 0.360 e. The third-order valence-electron chi connectivity index (χ3n) is 1.60. The van der Waals surface area contributed by atoms with Crippen molar-refractivity contribution in [1.29, 1.82) is 0 Å². The molecule has 0 saturated carbocycles. The van der Waals surface area contributed by atoms with E-state index in [2.05, 4.69) is 15.2 Å². The van der Waals surface area contributed by atoms with Crippen LogP contribution in [0.5, 0.6) is 0 Å². The van der Waals surface area contributed by atoms with Crippen LogP contribution in [-0.4, -0.2) is 34.6 Å². The summed E-state index contributed by atoms with van der Waals surface area (Å²) in [6.07, 6.45) is 1.50. The predicted molar refractivity (Wildman–Crippen MR) is 53.9 cm³/mol. The third kappa shape index (κ3) is 2.69. The number of carbonyl (C=O) groups excluding carboxylic acids is 2. The summed E-state index contributed by atoms with van der Waals surface area (Å²) >= 11 is 5.32. The molecule has 0 bridgehead atoms. The lowest BCUT2D eigenvalue weighted by Crippen LogP contribution is -2.15. The zero-order chi connectivity index (χ0) is 11.4. The van der Waals surface area contributed by atoms with Gasteiger partial charge >= 0.3 is 5.97 Å². The topological polar surface area (TPSA) is 73.2 Å². The Morgan fingerprint density at radius 2 is 2.33 bits per heavy atom. The van der Waals surface area contributed by atoms with Gasteiger partial charge in [-0.05, 0) is 0 Å². The fourth-order valence-corrected chi connectivity index (χ4v) is 1.08. The molecule has 1 N–H and O–H groups in total. The molecule has 0 aromatic carbocycles. The number of nitrogens with one attached hydrogen (secondary N) is 1. The van der Waals surface area contributed by atoms with E-state index in [1.54, 1.807) is 7.05 Å². The van der Waals surface area contributed by atoms with Gasteiger partial charge in [0.05, 0.1) is 12.8 Å². The summed E-state index contributed by atoms with van der Waals surface area (Å²) in [6, 6.07) is 0. The van der Waals surface area contributed by atoms with Crippen LogP contribution in [0.1, 0.15) is 10.5 Å². The minimum absolute atomic E-state index is 0.0541. The van der Waals surface area contributed by atoms with Gasteiger partial charge in [-0.25, -0.2) is 4.79 Å². The van der Waals surface area contributed by atoms with E-state index in [0.717, 1.165) is 0 Å². The largest absolute Gasteiger partial charge is 0.464 e. The van der Waals surface area contributed by atoms with Gasteiger partial charge < -0.3 is 10.1 Å². The smallest absolute Gasteiger partial charge is 0.360 e. The highest BCUT2D eigenvalue weighted by Gasteiger charge is 2.17. The van der Waals surface area contributed by atoms with E-state index in [1.165, 1.54) is 18.0 Å². The Labute approximate surface area is 91.2 Å². The lowest BCUT2D eigenvalue weighted by atomic mass is 10.3. The van der Waals surface area contributed by atoms with E-state index in [1.807, 2.05) is 0 Å². The minimum Gasteiger partial charge on any atom is -0.464 e. The first-order chi connectivity index (χ1) is 7.08. The minimum atomic E-state index is -0.611. The monoisotopic (exact) mass is 231 g/mol. The maximum absolute atomic E-state index is 11.2. The number of alkyl halides is 1. The van der Waals surface area contributed by atoms with Crippen molar-refractivity contribution in [3.63, 3.8) is 0 Å². The van der Waals surface area contributed by atoms with Crippen LogP contribution in [0.15, 0.2) is 6.20 Å². The number of hydrogen-bond acceptors (Lipinski definition) is 4. The third-order valence-corrected chi connectivity index (χ3v) is 1.85. The Balaban J connectivity index is 2.96. The van der Waals surface area contributed by atoms with Crippen LogP contribution >= 0.6 is 11.6 Å². The van der Waals surface area contributed by atoms with E-state index in [4.69, 9.17) is 11.6 Å². The Kier molecular flexibility index (Phi) is 3.68. The highest BCUT2D eigenvalue weighted by molar-refractivity contribution is 6.29. The van der Waals surface area contributed by atoms with E-state index in [-0.39, 0.29) is 17.3 Å². The highest BCUT2D eigenvalue weighted by Crippen LogP contribution is 2.14. The zero-order valence-corrected chi connectivity index (χ0v) is 9.04. The molecule has 1 heterocycles. The molecule has 0 aliphatic heterocycles. The van der Waals surface area contributed by atoms with Crippen LogP contribution in [0.25, 0.3) is 0 Å². The second kappa shape index (κ2) is 4.79. The number of ether oxygens (including phenoxy) is 1. The van der Waals surface area contributed by atoms with E-state index in [9.17, 15) is 9.59 Å². The maximum atomic E-state index is 11.2. The van der Waals surface area contributed by atoms with E-state index < -0.39 is 11.9 Å². The molecule has 1 aromatic rings. The Morgan fingerprint density at radius 1 is 1.67 bits per heavy atom. The van der Waals surface area contributed by atoms with Crippen LogP contribution in [0.3, 0.4) is 0 Å². The normalized spacial score (nSPS) is 9.80. The molecule has 0 radical (unpaired) electrons. The second-order valence-electron chi connectivity index (χ2n) is 2.74. The number of halogens is 1. The first kappa shape index (κ1) is 11.5. The number of carbonyl (C=O) groups is 2. The highest BCUT2D eigenvalue weighted by atomic mass is 35.5. The molecule has 0 saturated heterocycles. The van der Waals surface area contributed by atoms with E-state index in [0.29, 0.717) is 0 Å². The van der Waals surface area contributed by atoms with Crippen LogP contribution < -0.4 is 5.32 Å². The summed E-state index contributed by atoms with van der Waals surface area (Å²) in [7, 11) is 2.87. The van der Waals surface area contributed by atoms with Crippen LogP contribution in [0.4, 0.5) is 5.69 Å². The van der Waals surface area contributed by atoms with Crippen molar-refractivity contribution < 1.29 is 14.3 Å². The predicted octanol–water partition coefficient (Wildman–Crippen LogP) is 0.384. The summed E-state index contributed by atoms with van der Waals surface area (Å²) in [5.74, 6) is -1.20. The fraction of sp³-hybridized carbons (Fsp3) is 0.375. The lowest BCUT2D eigenvalue weighted by Gasteiger charge is -2.00. The molecule has 6 nitrogen and oxygen atoms in total. The average Bonchev–Trinajstić information content (AvgIpc) is 2.58. The number of methoxy groups -OCH3 is 1. The van der Waals surface area contributed by atoms with Gasteiger partial charge in [-0.1, -0.05) is 0 Å². The molecular formula is C8H10ClN3O3. The Morgan fingerprint density at radius 3 is 2.87 bits per heavy atom. The summed E-state index contributed by atoms with van der Waals surface area (Å²) in [5.41, 5.74) is 0.341. The number of rotatable bonds is 3. The number of amides is 1. The van der Waals surface area contributed by atoms with Crippen molar-refractivity contribution in [3.8, 4) is 0 Å². The number of aromatic nitrogens is 2. The van der Waals surface area contributed by atoms with Crippen LogP contribution in [-0.2, 0) is 16.6 Å². The summed E-state index contributed by atoms with van der Waals surface area (Å²) in [4.78, 5) is 22.3. The van der Waals surface area contributed by atoms with Gasteiger partial charge in [-0.3, -0.25) is 9.48 Å². The molecule has 0 unspecified atom stereocenters. The first-order valence-corrected chi connectivity index (χ1v) is 4.59. The van der Waals surface area contributed by atoms with Gasteiger partial charge in [0.15, 0.2) is 5.69 Å². The fourth-order valence-electron chi connectivity index (χ4n) is 1.01. The molecule has 0 aliphatic carbocycles. The van der Waals surface area contributed by atoms with Gasteiger partial charge in [0.25, 0.3) is 0 Å². The number of hydrogen-bond donors (Lipinski definition) is 1. The molecule has 1 rings (SSSR count). The average molecular weight is 232 g/mol. The number of anilines is 1. The Hall–Kier alpha value is -1.56. The molecule has 82 valence electrons. The molecule has 1 amide bonds. The van der Waals surface area contributed by atoms with Gasteiger partial charge in [0.2, 0.25) is 5.91 Å². The van der Waals surface area contributed by atoms with Crippen LogP contribution in [0.2, 0.25) is 0 Å². The molecule has 15 heavy (non-hydrogen) atoms. The van der Waals surface area contributed by atoms with Gasteiger partial charge in [-0.15, -0.1) is 11.6 Å². The SMILES string of the molecule is COC(=O)c1nn(C)cc1NC(=O)CCl. The summed E-state index contributed by atoms with van der Waals surface area (Å²) in [5, 5.41) is 6.29. The van der Waals surface area contributed by atoms with Gasteiger partial charge in [0.1, 0.15) is 5.88 Å². The first-order valence-electron chi connectivity index (χ1n) is 4.06. The van der Waals surface area contributed by atoms with Crippen molar-refractivity contribution in [3.05, 3.63) is 11.9 Å². The van der Waals surface area contributed by atoms with Crippen molar-refractivity contribution in [2.24, 2.45) is 7.05 Å². The standard InChI is InChI=1S/C8H10ClN3O3/c1-12-4-5(10-6(13)3-9)7(11-12)8(14)15-2/h4H,3H2,1-2H3,(H,10,13). The molecule has 0 fully saturated rings. The zero-order valence-electron chi connectivity index (χ0n) is 8.28. The van der Waals surface area contributed by atoms with Crippen molar-refractivity contribution >= 4 is 29.2 Å². The number of aryl methyl sites for hydroxylation is 1. The molecule has 0 spiro atoms. The Bertz CT molecular complexity index is 388. The molecular weight excluding hydrogens is 222 g/mol. The molecule has 0 atom stereocenters. The van der Waals surface area contributed by atoms with Crippen LogP contribution in [0, 0.1) is 0 Å². The van der Waals surface area contributed by atoms with Crippen molar-refractivity contribution in [2.75, 3.05) is 18.3 Å². The summed E-state index contributed by atoms with van der Waals surface area (Å²) in [6.45, 7) is 0. The van der Waals surface area contributed by atoms with Gasteiger partial charge in [0, 0.05) is 13.2 Å². The molecule has 1 aromatic heterocycles. The van der Waals surface area contributed by atoms with Crippen molar-refractivity contribution in [2.45, 2.75) is 0 Å². The number of esters is 1. The molecule has 0 aliphatic rings. The molecule has 7 heteroatoms. The lowest BCUT2D eigenvalue weighted by molar-refractivity contribution is -0.113. The van der Waals surface area contributed by atoms with Crippen molar-refractivity contribution in [1.82, 2.24) is 9.78 Å². The number of nitrogens with zero attached hydrogens (tertiary/aromatic N) is 2. The second-order valence-corrected chi connectivity index (χ2v) is 3.01. The quantitative estimate of drug-likeness (QED) is 0.603. The van der Waals surface area contributed by atoms with Gasteiger partial charge in [-0.2, -0.15) is 5.10 Å². The summed E-state index contributed by atoms with van der Waals surface area (Å²) < 4.78 is 5.91. The van der Waals surface area contributed by atoms with E-state index >= 15 is 0 Å².